The quantitative estimate of drug-likeness (QED) is 0.800. The van der Waals surface area contributed by atoms with Crippen LogP contribution in [-0.2, 0) is 0 Å². The molecule has 0 amide bonds. The predicted octanol–water partition coefficient (Wildman–Crippen LogP) is 2.24. The number of aromatic nitrogens is 1. The van der Waals surface area contributed by atoms with Gasteiger partial charge in [0.15, 0.2) is 0 Å². The van der Waals surface area contributed by atoms with Crippen LogP contribution in [-0.4, -0.2) is 20.7 Å². The molecule has 1 aromatic carbocycles. The minimum absolute atomic E-state index is 0.308. The number of hydrogen-bond acceptors (Lipinski definition) is 3. The van der Waals surface area contributed by atoms with Gasteiger partial charge in [0, 0.05) is 22.7 Å². The third kappa shape index (κ3) is 1.75. The Labute approximate surface area is 96.3 Å². The molecule has 0 bridgehead atoms. The first kappa shape index (κ1) is 10.6. The number of rotatable bonds is 1. The Hall–Kier alpha value is -1.94. The van der Waals surface area contributed by atoms with Crippen LogP contribution in [0, 0.1) is 0 Å². The Bertz CT molecular complexity index is 511. The zero-order valence-corrected chi connectivity index (χ0v) is 8.85. The molecule has 0 spiro atoms. The number of aromatic hydroxyl groups is 2. The van der Waals surface area contributed by atoms with E-state index >= 15 is 0 Å². The van der Waals surface area contributed by atoms with Crippen LogP contribution in [0.5, 0.6) is 11.8 Å². The smallest absolute Gasteiger partial charge is 0.267 e. The molecule has 0 unspecified atom stereocenters. The molecule has 0 saturated heterocycles. The summed E-state index contributed by atoms with van der Waals surface area (Å²) < 4.78 is 0.809. The van der Waals surface area contributed by atoms with Crippen molar-refractivity contribution in [3.05, 3.63) is 47.0 Å². The van der Waals surface area contributed by atoms with Gasteiger partial charge in [-0.3, -0.25) is 4.79 Å². The highest BCUT2D eigenvalue weighted by Crippen LogP contribution is 2.22. The Morgan fingerprint density at radius 2 is 1.50 bits per heavy atom. The zero-order chi connectivity index (χ0) is 11.7. The molecule has 0 aliphatic rings. The minimum atomic E-state index is -0.517. The van der Waals surface area contributed by atoms with Crippen molar-refractivity contribution in [3.8, 4) is 11.8 Å². The molecule has 1 heterocycles. The molecular formula is C11H8ClNO3. The number of carbonyl (C=O) groups is 1. The maximum atomic E-state index is 11.9. The average molecular weight is 238 g/mol. The Balaban J connectivity index is 2.43. The molecule has 0 aliphatic carbocycles. The van der Waals surface area contributed by atoms with E-state index in [1.165, 1.54) is 24.3 Å². The normalized spacial score (nSPS) is 10.3. The molecule has 16 heavy (non-hydrogen) atoms. The van der Waals surface area contributed by atoms with E-state index in [1.54, 1.807) is 12.1 Å². The second-order valence-electron chi connectivity index (χ2n) is 3.20. The SMILES string of the molecule is O=C(c1ccc(Cl)cc1)n1c(O)ccc1O. The molecular weight excluding hydrogens is 230 g/mol. The Kier molecular flexibility index (Phi) is 2.58. The highest BCUT2D eigenvalue weighted by Gasteiger charge is 2.15. The molecule has 0 atom stereocenters. The van der Waals surface area contributed by atoms with Crippen molar-refractivity contribution < 1.29 is 15.0 Å². The standard InChI is InChI=1S/C11H8ClNO3/c12-8-3-1-7(2-4-8)11(16)13-9(14)5-6-10(13)15/h1-6,14-15H. The number of benzene rings is 1. The van der Waals surface area contributed by atoms with Gasteiger partial charge in [-0.2, -0.15) is 0 Å². The van der Waals surface area contributed by atoms with Gasteiger partial charge in [-0.15, -0.1) is 0 Å². The average Bonchev–Trinajstić information content (AvgIpc) is 2.59. The van der Waals surface area contributed by atoms with Gasteiger partial charge in [0.05, 0.1) is 0 Å². The van der Waals surface area contributed by atoms with Crippen LogP contribution >= 0.6 is 11.6 Å². The van der Waals surface area contributed by atoms with E-state index in [-0.39, 0.29) is 11.8 Å². The molecule has 2 rings (SSSR count). The first-order chi connectivity index (χ1) is 7.59. The second-order valence-corrected chi connectivity index (χ2v) is 3.63. The summed E-state index contributed by atoms with van der Waals surface area (Å²) in [6.07, 6.45) is 0. The third-order valence-corrected chi connectivity index (χ3v) is 2.39. The van der Waals surface area contributed by atoms with Gasteiger partial charge in [-0.1, -0.05) is 11.6 Å². The van der Waals surface area contributed by atoms with Crippen molar-refractivity contribution in [3.63, 3.8) is 0 Å². The van der Waals surface area contributed by atoms with E-state index in [0.717, 1.165) is 4.57 Å². The lowest BCUT2D eigenvalue weighted by atomic mass is 10.2. The Morgan fingerprint density at radius 3 is 2.00 bits per heavy atom. The van der Waals surface area contributed by atoms with Gasteiger partial charge in [-0.25, -0.2) is 4.57 Å². The topological polar surface area (TPSA) is 62.5 Å². The molecule has 5 heteroatoms. The van der Waals surface area contributed by atoms with E-state index in [2.05, 4.69) is 0 Å². The lowest BCUT2D eigenvalue weighted by molar-refractivity contribution is 0.0942. The number of halogens is 1. The van der Waals surface area contributed by atoms with E-state index in [9.17, 15) is 15.0 Å². The maximum Gasteiger partial charge on any atom is 0.267 e. The third-order valence-electron chi connectivity index (χ3n) is 2.13. The predicted molar refractivity (Wildman–Crippen MR) is 58.9 cm³/mol. The van der Waals surface area contributed by atoms with Crippen molar-refractivity contribution in [1.82, 2.24) is 4.57 Å². The fourth-order valence-electron chi connectivity index (χ4n) is 1.35. The Morgan fingerprint density at radius 1 is 1.00 bits per heavy atom. The van der Waals surface area contributed by atoms with Crippen LogP contribution < -0.4 is 0 Å². The van der Waals surface area contributed by atoms with Gasteiger partial charge >= 0.3 is 0 Å². The highest BCUT2D eigenvalue weighted by molar-refractivity contribution is 6.30. The van der Waals surface area contributed by atoms with E-state index < -0.39 is 5.91 Å². The van der Waals surface area contributed by atoms with Crippen LogP contribution in [0.3, 0.4) is 0 Å². The molecule has 0 fully saturated rings. The van der Waals surface area contributed by atoms with Gasteiger partial charge in [-0.05, 0) is 24.3 Å². The second kappa shape index (κ2) is 3.90. The first-order valence-corrected chi connectivity index (χ1v) is 4.87. The molecule has 82 valence electrons. The number of carbonyl (C=O) groups excluding carboxylic acids is 1. The molecule has 0 aliphatic heterocycles. The summed E-state index contributed by atoms with van der Waals surface area (Å²) in [7, 11) is 0. The van der Waals surface area contributed by atoms with Crippen LogP contribution in [0.25, 0.3) is 0 Å². The van der Waals surface area contributed by atoms with Crippen LogP contribution in [0.2, 0.25) is 5.02 Å². The summed E-state index contributed by atoms with van der Waals surface area (Å²) in [5.74, 6) is -1.13. The number of hydrogen-bond donors (Lipinski definition) is 2. The van der Waals surface area contributed by atoms with Crippen molar-refractivity contribution in [1.29, 1.82) is 0 Å². The summed E-state index contributed by atoms with van der Waals surface area (Å²) in [5.41, 5.74) is 0.325. The van der Waals surface area contributed by atoms with Crippen LogP contribution in [0.1, 0.15) is 10.4 Å². The van der Waals surface area contributed by atoms with Crippen molar-refractivity contribution in [2.24, 2.45) is 0 Å². The van der Waals surface area contributed by atoms with Gasteiger partial charge in [0.1, 0.15) is 0 Å². The molecule has 0 radical (unpaired) electrons. The summed E-state index contributed by atoms with van der Waals surface area (Å²) in [6, 6.07) is 8.64. The van der Waals surface area contributed by atoms with Gasteiger partial charge in [0.25, 0.3) is 5.91 Å². The van der Waals surface area contributed by atoms with E-state index in [1.807, 2.05) is 0 Å². The monoisotopic (exact) mass is 237 g/mol. The van der Waals surface area contributed by atoms with E-state index in [0.29, 0.717) is 10.6 Å². The summed E-state index contributed by atoms with van der Waals surface area (Å²) in [5, 5.41) is 19.3. The summed E-state index contributed by atoms with van der Waals surface area (Å²) in [4.78, 5) is 11.9. The summed E-state index contributed by atoms with van der Waals surface area (Å²) in [6.45, 7) is 0. The fraction of sp³-hybridized carbons (Fsp3) is 0. The first-order valence-electron chi connectivity index (χ1n) is 4.49. The van der Waals surface area contributed by atoms with Gasteiger partial charge in [0.2, 0.25) is 11.8 Å². The molecule has 2 aromatic rings. The van der Waals surface area contributed by atoms with E-state index in [4.69, 9.17) is 11.6 Å². The lowest BCUT2D eigenvalue weighted by Gasteiger charge is -2.05. The highest BCUT2D eigenvalue weighted by atomic mass is 35.5. The maximum absolute atomic E-state index is 11.9. The minimum Gasteiger partial charge on any atom is -0.494 e. The summed E-state index contributed by atoms with van der Waals surface area (Å²) >= 11 is 5.69. The largest absolute Gasteiger partial charge is 0.494 e. The number of nitrogens with zero attached hydrogens (tertiary/aromatic N) is 1. The van der Waals surface area contributed by atoms with Crippen LogP contribution in [0.15, 0.2) is 36.4 Å². The van der Waals surface area contributed by atoms with Crippen molar-refractivity contribution in [2.75, 3.05) is 0 Å². The molecule has 1 aromatic heterocycles. The van der Waals surface area contributed by atoms with Crippen LogP contribution in [0.4, 0.5) is 0 Å². The molecule has 4 nitrogen and oxygen atoms in total. The molecule has 2 N–H and O–H groups in total. The molecule has 0 saturated carbocycles. The fourth-order valence-corrected chi connectivity index (χ4v) is 1.47. The van der Waals surface area contributed by atoms with Crippen molar-refractivity contribution >= 4 is 17.5 Å². The lowest BCUT2D eigenvalue weighted by Crippen LogP contribution is -2.10. The zero-order valence-electron chi connectivity index (χ0n) is 8.09. The van der Waals surface area contributed by atoms with Gasteiger partial charge < -0.3 is 10.2 Å². The van der Waals surface area contributed by atoms with Crippen molar-refractivity contribution in [2.45, 2.75) is 0 Å².